The number of benzene rings is 2. The lowest BCUT2D eigenvalue weighted by Gasteiger charge is -2.55. The average Bonchev–Trinajstić information content (AvgIpc) is 2.82. The summed E-state index contributed by atoms with van der Waals surface area (Å²) in [5.74, 6) is 1.48. The van der Waals surface area contributed by atoms with Crippen molar-refractivity contribution in [2.75, 3.05) is 33.8 Å². The highest BCUT2D eigenvalue weighted by Crippen LogP contribution is 2.50. The maximum absolute atomic E-state index is 12.9. The summed E-state index contributed by atoms with van der Waals surface area (Å²) in [6.07, 6.45) is 6.49. The molecule has 2 aromatic rings. The summed E-state index contributed by atoms with van der Waals surface area (Å²) in [4.78, 5) is 12.9. The Labute approximate surface area is 213 Å². The zero-order valence-electron chi connectivity index (χ0n) is 20.2. The predicted molar refractivity (Wildman–Crippen MR) is 140 cm³/mol. The van der Waals surface area contributed by atoms with Crippen LogP contribution in [-0.4, -0.2) is 50.2 Å². The highest BCUT2D eigenvalue weighted by molar-refractivity contribution is 6.42. The fourth-order valence-electron chi connectivity index (χ4n) is 6.20. The highest BCUT2D eigenvalue weighted by atomic mass is 35.5. The number of halogens is 2. The van der Waals surface area contributed by atoms with Gasteiger partial charge in [-0.1, -0.05) is 48.0 Å². The van der Waals surface area contributed by atoms with Crippen molar-refractivity contribution < 1.29 is 14.0 Å². The standard InChI is InChI=1S/C28H34Cl2N2O2/c1-4-13-32(2)14-12-28(21-6-5-7-24(17-21)34-3)18-23(10-9-22(28)19-32)31-27(33)16-20-8-11-25(29)26(30)15-20/h4-8,11,15,17,22-23H,1,9-10,12-14,16,18-19H2,2-3H3/p+1/t22?,23-,28+,32+/m1/s1. The maximum atomic E-state index is 12.9. The molecule has 1 aliphatic heterocycles. The number of ether oxygens (including phenoxy) is 1. The third-order valence-corrected chi connectivity index (χ3v) is 8.68. The van der Waals surface area contributed by atoms with E-state index in [1.54, 1.807) is 19.2 Å². The summed E-state index contributed by atoms with van der Waals surface area (Å²) in [7, 11) is 4.07. The Morgan fingerprint density at radius 3 is 2.79 bits per heavy atom. The second kappa shape index (κ2) is 10.3. The van der Waals surface area contributed by atoms with E-state index in [0.29, 0.717) is 22.4 Å². The summed E-state index contributed by atoms with van der Waals surface area (Å²) in [6.45, 7) is 7.22. The van der Waals surface area contributed by atoms with Gasteiger partial charge in [-0.3, -0.25) is 4.79 Å². The summed E-state index contributed by atoms with van der Waals surface area (Å²) < 4.78 is 6.61. The molecule has 1 unspecified atom stereocenters. The number of nitrogens with one attached hydrogen (secondary N) is 1. The van der Waals surface area contributed by atoms with E-state index in [1.807, 2.05) is 18.2 Å². The van der Waals surface area contributed by atoms with Crippen LogP contribution in [0.15, 0.2) is 55.1 Å². The second-order valence-electron chi connectivity index (χ2n) is 10.3. The van der Waals surface area contributed by atoms with Gasteiger partial charge in [-0.2, -0.15) is 0 Å². The van der Waals surface area contributed by atoms with Crippen LogP contribution in [0.1, 0.15) is 36.8 Å². The summed E-state index contributed by atoms with van der Waals surface area (Å²) in [5, 5.41) is 4.32. The number of piperidine rings is 1. The number of amides is 1. The van der Waals surface area contributed by atoms with Crippen LogP contribution < -0.4 is 10.1 Å². The zero-order valence-corrected chi connectivity index (χ0v) is 21.7. The molecule has 4 atom stereocenters. The smallest absolute Gasteiger partial charge is 0.224 e. The Hall–Kier alpha value is -2.01. The van der Waals surface area contributed by atoms with E-state index in [9.17, 15) is 4.79 Å². The first-order chi connectivity index (χ1) is 16.3. The minimum Gasteiger partial charge on any atom is -0.497 e. The van der Waals surface area contributed by atoms with Crippen molar-refractivity contribution in [3.63, 3.8) is 0 Å². The van der Waals surface area contributed by atoms with E-state index in [0.717, 1.165) is 61.1 Å². The molecule has 1 heterocycles. The number of quaternary nitrogens is 1. The molecule has 2 aromatic carbocycles. The van der Waals surface area contributed by atoms with Gasteiger partial charge in [-0.05, 0) is 60.7 Å². The van der Waals surface area contributed by atoms with E-state index in [1.165, 1.54) is 5.56 Å². The van der Waals surface area contributed by atoms with Crippen molar-refractivity contribution in [2.24, 2.45) is 5.92 Å². The first kappa shape index (κ1) is 25.1. The summed E-state index contributed by atoms with van der Waals surface area (Å²) in [5.41, 5.74) is 2.25. The molecule has 2 fully saturated rings. The monoisotopic (exact) mass is 501 g/mol. The van der Waals surface area contributed by atoms with Crippen LogP contribution in [0.25, 0.3) is 0 Å². The lowest BCUT2D eigenvalue weighted by molar-refractivity contribution is -0.914. The van der Waals surface area contributed by atoms with Gasteiger partial charge in [0.1, 0.15) is 5.75 Å². The van der Waals surface area contributed by atoms with Crippen molar-refractivity contribution >= 4 is 29.1 Å². The van der Waals surface area contributed by atoms with Gasteiger partial charge in [0.2, 0.25) is 5.91 Å². The minimum absolute atomic E-state index is 0.0331. The van der Waals surface area contributed by atoms with Crippen molar-refractivity contribution in [1.82, 2.24) is 5.32 Å². The fourth-order valence-corrected chi connectivity index (χ4v) is 6.52. The molecular formula is C28H35Cl2N2O2+. The number of methoxy groups -OCH3 is 1. The van der Waals surface area contributed by atoms with Gasteiger partial charge in [0.25, 0.3) is 0 Å². The molecule has 0 spiro atoms. The van der Waals surface area contributed by atoms with E-state index < -0.39 is 0 Å². The first-order valence-electron chi connectivity index (χ1n) is 12.1. The van der Waals surface area contributed by atoms with Crippen LogP contribution in [0.2, 0.25) is 10.0 Å². The molecule has 0 bridgehead atoms. The predicted octanol–water partition coefficient (Wildman–Crippen LogP) is 5.80. The SMILES string of the molecule is C=CC[N@@+]1(C)CC[C@@]2(c3cccc(OC)c3)C[C@H](NC(=O)Cc3ccc(Cl)c(Cl)c3)CCC2C1. The van der Waals surface area contributed by atoms with E-state index in [4.69, 9.17) is 27.9 Å². The Balaban J connectivity index is 1.54. The number of carbonyl (C=O) groups is 1. The van der Waals surface area contributed by atoms with Crippen LogP contribution in [0.5, 0.6) is 5.75 Å². The first-order valence-corrected chi connectivity index (χ1v) is 12.8. The van der Waals surface area contributed by atoms with Crippen LogP contribution in [0.4, 0.5) is 0 Å². The molecule has 1 N–H and O–H groups in total. The Kier molecular flexibility index (Phi) is 7.61. The number of hydrogen-bond acceptors (Lipinski definition) is 2. The number of carbonyl (C=O) groups excluding carboxylic acids is 1. The lowest BCUT2D eigenvalue weighted by atomic mass is 9.57. The summed E-state index contributed by atoms with van der Waals surface area (Å²) in [6, 6.07) is 14.1. The number of likely N-dealkylation sites (tertiary alicyclic amines) is 1. The van der Waals surface area contributed by atoms with E-state index in [2.05, 4.69) is 37.1 Å². The molecule has 34 heavy (non-hydrogen) atoms. The van der Waals surface area contributed by atoms with E-state index >= 15 is 0 Å². The lowest BCUT2D eigenvalue weighted by Crippen LogP contribution is -2.62. The van der Waals surface area contributed by atoms with Gasteiger partial charge in [-0.25, -0.2) is 0 Å². The highest BCUT2D eigenvalue weighted by Gasteiger charge is 2.52. The second-order valence-corrected chi connectivity index (χ2v) is 11.1. The maximum Gasteiger partial charge on any atom is 0.224 e. The molecule has 1 saturated heterocycles. The third-order valence-electron chi connectivity index (χ3n) is 7.94. The van der Waals surface area contributed by atoms with E-state index in [-0.39, 0.29) is 17.4 Å². The molecule has 2 aliphatic rings. The molecule has 0 aromatic heterocycles. The Morgan fingerprint density at radius 2 is 2.06 bits per heavy atom. The van der Waals surface area contributed by atoms with Gasteiger partial charge >= 0.3 is 0 Å². The van der Waals surface area contributed by atoms with Crippen molar-refractivity contribution in [3.05, 3.63) is 76.3 Å². The molecule has 0 radical (unpaired) electrons. The molecule has 182 valence electrons. The quantitative estimate of drug-likeness (QED) is 0.384. The van der Waals surface area contributed by atoms with Gasteiger partial charge in [-0.15, -0.1) is 0 Å². The van der Waals surface area contributed by atoms with Crippen LogP contribution >= 0.6 is 23.2 Å². The molecule has 4 rings (SSSR count). The fraction of sp³-hybridized carbons (Fsp3) is 0.464. The van der Waals surface area contributed by atoms with Crippen LogP contribution in [0, 0.1) is 5.92 Å². The van der Waals surface area contributed by atoms with Crippen molar-refractivity contribution in [1.29, 1.82) is 0 Å². The average molecular weight is 503 g/mol. The minimum atomic E-state index is 0.0331. The van der Waals surface area contributed by atoms with Crippen LogP contribution in [-0.2, 0) is 16.6 Å². The van der Waals surface area contributed by atoms with Gasteiger partial charge in [0, 0.05) is 23.8 Å². The number of likely N-dealkylation sites (N-methyl/N-ethyl adjacent to an activating group) is 1. The number of fused-ring (bicyclic) bond motifs is 1. The Morgan fingerprint density at radius 1 is 1.24 bits per heavy atom. The van der Waals surface area contributed by atoms with Gasteiger partial charge in [0.05, 0.1) is 50.3 Å². The zero-order chi connectivity index (χ0) is 24.3. The molecule has 1 saturated carbocycles. The van der Waals surface area contributed by atoms with Crippen molar-refractivity contribution in [2.45, 2.75) is 43.6 Å². The van der Waals surface area contributed by atoms with Gasteiger partial charge < -0.3 is 14.5 Å². The van der Waals surface area contributed by atoms with Gasteiger partial charge in [0.15, 0.2) is 0 Å². The molecule has 4 nitrogen and oxygen atoms in total. The van der Waals surface area contributed by atoms with Crippen molar-refractivity contribution in [3.8, 4) is 5.75 Å². The third kappa shape index (κ3) is 5.30. The largest absolute Gasteiger partial charge is 0.497 e. The topological polar surface area (TPSA) is 38.3 Å². The number of nitrogens with zero attached hydrogens (tertiary/aromatic N) is 1. The number of hydrogen-bond donors (Lipinski definition) is 1. The Bertz CT molecular complexity index is 1060. The molecule has 1 amide bonds. The molecule has 1 aliphatic carbocycles. The molecular weight excluding hydrogens is 467 g/mol. The van der Waals surface area contributed by atoms with Crippen LogP contribution in [0.3, 0.4) is 0 Å². The normalized spacial score (nSPS) is 28.6. The summed E-state index contributed by atoms with van der Waals surface area (Å²) >= 11 is 12.2. The molecule has 6 heteroatoms. The number of rotatable bonds is 7.